The van der Waals surface area contributed by atoms with E-state index in [1.807, 2.05) is 18.2 Å². The Hall–Kier alpha value is -2.83. The van der Waals surface area contributed by atoms with E-state index in [1.165, 1.54) is 0 Å². The summed E-state index contributed by atoms with van der Waals surface area (Å²) in [6.45, 7) is 3.39. The number of para-hydroxylation sites is 1. The van der Waals surface area contributed by atoms with Crippen LogP contribution in [0.5, 0.6) is 0 Å². The first-order chi connectivity index (χ1) is 11.0. The number of esters is 1. The molecule has 122 valence electrons. The number of hydrogen-bond donors (Lipinski definition) is 3. The lowest BCUT2D eigenvalue weighted by molar-refractivity contribution is -0.130. The average molecular weight is 317 g/mol. The zero-order chi connectivity index (χ0) is 16.8. The second kappa shape index (κ2) is 7.44. The van der Waals surface area contributed by atoms with Gasteiger partial charge in [-0.15, -0.1) is 0 Å². The van der Waals surface area contributed by atoms with Gasteiger partial charge in [0.1, 0.15) is 6.04 Å². The topological polar surface area (TPSA) is 100 Å². The Labute approximate surface area is 133 Å². The third-order valence-electron chi connectivity index (χ3n) is 3.27. The van der Waals surface area contributed by atoms with Gasteiger partial charge >= 0.3 is 5.97 Å². The Morgan fingerprint density at radius 3 is 2.74 bits per heavy atom. The minimum Gasteiger partial charge on any atom is -0.452 e. The zero-order valence-electron chi connectivity index (χ0n) is 13.0. The number of fused-ring (bicyclic) bond motifs is 1. The van der Waals surface area contributed by atoms with Crippen molar-refractivity contribution in [3.63, 3.8) is 0 Å². The number of ether oxygens (including phenoxy) is 1. The third-order valence-corrected chi connectivity index (χ3v) is 3.27. The molecule has 2 rings (SSSR count). The van der Waals surface area contributed by atoms with Crippen LogP contribution in [0.3, 0.4) is 0 Å². The summed E-state index contributed by atoms with van der Waals surface area (Å²) in [5.74, 6) is -1.41. The Morgan fingerprint density at radius 1 is 1.26 bits per heavy atom. The smallest absolute Gasteiger partial charge is 0.340 e. The van der Waals surface area contributed by atoms with Crippen LogP contribution in [0.4, 0.5) is 0 Å². The molecule has 2 aromatic rings. The maximum Gasteiger partial charge on any atom is 0.340 e. The van der Waals surface area contributed by atoms with Crippen molar-refractivity contribution >= 4 is 28.7 Å². The predicted molar refractivity (Wildman–Crippen MR) is 84.9 cm³/mol. The second-order valence-corrected chi connectivity index (χ2v) is 5.01. The molecule has 0 aliphatic rings. The summed E-state index contributed by atoms with van der Waals surface area (Å²) in [5, 5.41) is 5.79. The van der Waals surface area contributed by atoms with E-state index in [4.69, 9.17) is 4.74 Å². The number of carbonyl (C=O) groups is 3. The number of rotatable bonds is 6. The van der Waals surface area contributed by atoms with Crippen molar-refractivity contribution in [2.75, 3.05) is 13.2 Å². The van der Waals surface area contributed by atoms with Crippen LogP contribution in [0.25, 0.3) is 10.9 Å². The molecule has 3 N–H and O–H groups in total. The highest BCUT2D eigenvalue weighted by molar-refractivity contribution is 6.04. The molecule has 7 nitrogen and oxygen atoms in total. The number of carbonyl (C=O) groups excluding carboxylic acids is 3. The molecule has 0 aliphatic heterocycles. The van der Waals surface area contributed by atoms with E-state index >= 15 is 0 Å². The zero-order valence-corrected chi connectivity index (χ0v) is 13.0. The second-order valence-electron chi connectivity index (χ2n) is 5.01. The molecule has 7 heteroatoms. The molecule has 0 radical (unpaired) electrons. The fourth-order valence-corrected chi connectivity index (χ4v) is 2.13. The van der Waals surface area contributed by atoms with E-state index in [0.717, 1.165) is 10.9 Å². The van der Waals surface area contributed by atoms with Crippen LogP contribution in [0.2, 0.25) is 0 Å². The third kappa shape index (κ3) is 4.09. The number of benzene rings is 1. The first-order valence-corrected chi connectivity index (χ1v) is 7.33. The van der Waals surface area contributed by atoms with Gasteiger partial charge in [0.05, 0.1) is 5.56 Å². The van der Waals surface area contributed by atoms with E-state index in [2.05, 4.69) is 15.6 Å². The summed E-state index contributed by atoms with van der Waals surface area (Å²) in [5.41, 5.74) is 1.18. The van der Waals surface area contributed by atoms with Gasteiger partial charge < -0.3 is 20.4 Å². The fraction of sp³-hybridized carbons (Fsp3) is 0.312. The molecule has 0 aliphatic carbocycles. The Balaban J connectivity index is 1.89. The van der Waals surface area contributed by atoms with Crippen molar-refractivity contribution in [3.8, 4) is 0 Å². The molecule has 2 amide bonds. The molecule has 0 fully saturated rings. The maximum atomic E-state index is 12.0. The van der Waals surface area contributed by atoms with E-state index in [-0.39, 0.29) is 5.91 Å². The molecule has 0 unspecified atom stereocenters. The SMILES string of the molecule is CCNC(=O)[C@H](C)NC(=O)COC(=O)c1c[nH]c2ccccc12. The summed E-state index contributed by atoms with van der Waals surface area (Å²) < 4.78 is 4.99. The molecule has 23 heavy (non-hydrogen) atoms. The Morgan fingerprint density at radius 2 is 2.00 bits per heavy atom. The standard InChI is InChI=1S/C16H19N3O4/c1-3-17-15(21)10(2)19-14(20)9-23-16(22)12-8-18-13-7-5-4-6-11(12)13/h4-8,10,18H,3,9H2,1-2H3,(H,17,21)(H,19,20)/t10-/m0/s1. The monoisotopic (exact) mass is 317 g/mol. The molecular formula is C16H19N3O4. The number of hydrogen-bond acceptors (Lipinski definition) is 4. The van der Waals surface area contributed by atoms with Gasteiger partial charge in [-0.05, 0) is 19.9 Å². The summed E-state index contributed by atoms with van der Waals surface area (Å²) in [7, 11) is 0. The van der Waals surface area contributed by atoms with Crippen LogP contribution < -0.4 is 10.6 Å². The Bertz CT molecular complexity index is 723. The molecule has 0 spiro atoms. The number of amides is 2. The van der Waals surface area contributed by atoms with Gasteiger partial charge in [0, 0.05) is 23.6 Å². The molecule has 0 saturated heterocycles. The van der Waals surface area contributed by atoms with Gasteiger partial charge in [-0.1, -0.05) is 18.2 Å². The lowest BCUT2D eigenvalue weighted by atomic mass is 10.2. The highest BCUT2D eigenvalue weighted by Crippen LogP contribution is 2.18. The normalized spacial score (nSPS) is 11.7. The minimum absolute atomic E-state index is 0.288. The first-order valence-electron chi connectivity index (χ1n) is 7.33. The van der Waals surface area contributed by atoms with Crippen LogP contribution in [0.15, 0.2) is 30.5 Å². The number of likely N-dealkylation sites (N-methyl/N-ethyl adjacent to an activating group) is 1. The molecular weight excluding hydrogens is 298 g/mol. The largest absolute Gasteiger partial charge is 0.452 e. The molecule has 1 heterocycles. The minimum atomic E-state index is -0.686. The number of aromatic amines is 1. The van der Waals surface area contributed by atoms with Gasteiger partial charge in [-0.2, -0.15) is 0 Å². The molecule has 0 bridgehead atoms. The highest BCUT2D eigenvalue weighted by atomic mass is 16.5. The molecule has 0 saturated carbocycles. The van der Waals surface area contributed by atoms with Crippen LogP contribution in [-0.4, -0.2) is 42.0 Å². The van der Waals surface area contributed by atoms with Gasteiger partial charge in [0.25, 0.3) is 5.91 Å². The Kier molecular flexibility index (Phi) is 5.35. The van der Waals surface area contributed by atoms with Crippen molar-refractivity contribution in [3.05, 3.63) is 36.0 Å². The van der Waals surface area contributed by atoms with E-state index in [0.29, 0.717) is 12.1 Å². The van der Waals surface area contributed by atoms with Crippen molar-refractivity contribution in [1.29, 1.82) is 0 Å². The van der Waals surface area contributed by atoms with Crippen LogP contribution in [-0.2, 0) is 14.3 Å². The van der Waals surface area contributed by atoms with Gasteiger partial charge in [-0.3, -0.25) is 9.59 Å². The lowest BCUT2D eigenvalue weighted by Crippen LogP contribution is -2.46. The molecule has 1 atom stereocenters. The number of H-pyrrole nitrogens is 1. The van der Waals surface area contributed by atoms with Gasteiger partial charge in [-0.25, -0.2) is 4.79 Å². The quantitative estimate of drug-likeness (QED) is 0.691. The number of nitrogens with one attached hydrogen (secondary N) is 3. The van der Waals surface area contributed by atoms with E-state index in [9.17, 15) is 14.4 Å². The van der Waals surface area contributed by atoms with Crippen molar-refractivity contribution in [1.82, 2.24) is 15.6 Å². The van der Waals surface area contributed by atoms with Gasteiger partial charge in [0.2, 0.25) is 5.91 Å². The summed E-state index contributed by atoms with van der Waals surface area (Å²) >= 11 is 0. The predicted octanol–water partition coefficient (Wildman–Crippen LogP) is 0.966. The van der Waals surface area contributed by atoms with Crippen LogP contribution in [0.1, 0.15) is 24.2 Å². The maximum absolute atomic E-state index is 12.0. The van der Waals surface area contributed by atoms with Gasteiger partial charge in [0.15, 0.2) is 6.61 Å². The summed E-state index contributed by atoms with van der Waals surface area (Å²) in [4.78, 5) is 38.2. The van der Waals surface area contributed by atoms with Crippen molar-refractivity contribution in [2.24, 2.45) is 0 Å². The van der Waals surface area contributed by atoms with E-state index < -0.39 is 24.5 Å². The fourth-order valence-electron chi connectivity index (χ4n) is 2.13. The van der Waals surface area contributed by atoms with E-state index in [1.54, 1.807) is 26.1 Å². The summed E-state index contributed by atoms with van der Waals surface area (Å²) in [6.07, 6.45) is 1.54. The van der Waals surface area contributed by atoms with Crippen molar-refractivity contribution < 1.29 is 19.1 Å². The average Bonchev–Trinajstić information content (AvgIpc) is 2.97. The van der Waals surface area contributed by atoms with Crippen LogP contribution in [0, 0.1) is 0 Å². The highest BCUT2D eigenvalue weighted by Gasteiger charge is 2.17. The lowest BCUT2D eigenvalue weighted by Gasteiger charge is -2.13. The first kappa shape index (κ1) is 16.5. The molecule has 1 aromatic carbocycles. The van der Waals surface area contributed by atoms with Crippen molar-refractivity contribution in [2.45, 2.75) is 19.9 Å². The molecule has 1 aromatic heterocycles. The summed E-state index contributed by atoms with van der Waals surface area (Å²) in [6, 6.07) is 6.61. The number of aromatic nitrogens is 1. The van der Waals surface area contributed by atoms with Crippen LogP contribution >= 0.6 is 0 Å².